The number of benzene rings is 1. The molecule has 10 nitrogen and oxygen atoms in total. The molecule has 0 radical (unpaired) electrons. The van der Waals surface area contributed by atoms with E-state index in [2.05, 4.69) is 27.0 Å². The van der Waals surface area contributed by atoms with E-state index in [-0.39, 0.29) is 24.0 Å². The van der Waals surface area contributed by atoms with E-state index >= 15 is 0 Å². The van der Waals surface area contributed by atoms with Gasteiger partial charge in [-0.2, -0.15) is 0 Å². The number of methoxy groups -OCH3 is 2. The van der Waals surface area contributed by atoms with Gasteiger partial charge in [0.25, 0.3) is 0 Å². The van der Waals surface area contributed by atoms with Crippen LogP contribution in [0.3, 0.4) is 0 Å². The molecular weight excluding hydrogens is 566 g/mol. The number of imide groups is 1. The van der Waals surface area contributed by atoms with E-state index in [1.165, 1.54) is 6.92 Å². The number of ether oxygens (including phenoxy) is 6. The Hall–Kier alpha value is -3.53. The van der Waals surface area contributed by atoms with Gasteiger partial charge in [0.15, 0.2) is 11.5 Å². The van der Waals surface area contributed by atoms with Crippen LogP contribution in [-0.2, 0) is 30.2 Å². The average molecular weight is 618 g/mol. The molecule has 1 aliphatic rings. The molecule has 1 saturated heterocycles. The molecule has 0 aliphatic carbocycles. The van der Waals surface area contributed by atoms with Gasteiger partial charge in [0.05, 0.1) is 31.4 Å². The largest absolute Gasteiger partial charge is 0.509 e. The fourth-order valence-corrected chi connectivity index (χ4v) is 5.16. The van der Waals surface area contributed by atoms with Gasteiger partial charge in [-0.3, -0.25) is 4.79 Å². The second-order valence-corrected chi connectivity index (χ2v) is 12.7. The molecule has 10 heteroatoms. The zero-order chi connectivity index (χ0) is 33.2. The van der Waals surface area contributed by atoms with Crippen molar-refractivity contribution in [2.24, 2.45) is 17.8 Å². The van der Waals surface area contributed by atoms with Crippen molar-refractivity contribution >= 4 is 18.2 Å². The van der Waals surface area contributed by atoms with Crippen molar-refractivity contribution in [1.29, 1.82) is 0 Å². The topological polar surface area (TPSA) is 110 Å². The lowest BCUT2D eigenvalue weighted by atomic mass is 9.78. The van der Waals surface area contributed by atoms with Crippen LogP contribution in [0.5, 0.6) is 11.5 Å². The molecule has 44 heavy (non-hydrogen) atoms. The van der Waals surface area contributed by atoms with Crippen LogP contribution in [-0.4, -0.2) is 68.2 Å². The maximum atomic E-state index is 13.8. The highest BCUT2D eigenvalue weighted by atomic mass is 16.7. The number of carbonyl (C=O) groups is 3. The third-order valence-electron chi connectivity index (χ3n) is 7.42. The highest BCUT2D eigenvalue weighted by Crippen LogP contribution is 2.37. The second-order valence-electron chi connectivity index (χ2n) is 12.7. The van der Waals surface area contributed by atoms with Crippen molar-refractivity contribution in [3.63, 3.8) is 0 Å². The van der Waals surface area contributed by atoms with Gasteiger partial charge in [-0.1, -0.05) is 38.6 Å². The van der Waals surface area contributed by atoms with Gasteiger partial charge < -0.3 is 28.4 Å². The third-order valence-corrected chi connectivity index (χ3v) is 7.42. The summed E-state index contributed by atoms with van der Waals surface area (Å²) >= 11 is 0. The Balaban J connectivity index is 2.48. The molecule has 1 aromatic rings. The van der Waals surface area contributed by atoms with Gasteiger partial charge in [-0.15, -0.1) is 0 Å². The maximum Gasteiger partial charge on any atom is 0.509 e. The van der Waals surface area contributed by atoms with Crippen molar-refractivity contribution in [3.8, 4) is 11.5 Å². The summed E-state index contributed by atoms with van der Waals surface area (Å²) in [6.45, 7) is 21.3. The molecule has 0 saturated carbocycles. The number of nitrogens with zero attached hydrogens (tertiary/aromatic N) is 1. The molecule has 0 N–H and O–H groups in total. The van der Waals surface area contributed by atoms with Crippen LogP contribution in [0.4, 0.5) is 9.59 Å². The van der Waals surface area contributed by atoms with E-state index in [1.807, 2.05) is 18.2 Å². The Bertz CT molecular complexity index is 1170. The van der Waals surface area contributed by atoms with Crippen LogP contribution in [0.25, 0.3) is 0 Å². The number of piperidine rings is 1. The van der Waals surface area contributed by atoms with Crippen molar-refractivity contribution in [1.82, 2.24) is 4.90 Å². The molecule has 2 amide bonds. The number of amides is 2. The summed E-state index contributed by atoms with van der Waals surface area (Å²) in [5, 5.41) is 0. The fourth-order valence-electron chi connectivity index (χ4n) is 5.16. The molecule has 0 bridgehead atoms. The number of allylic oxidation sites excluding steroid dienone is 1. The monoisotopic (exact) mass is 617 g/mol. The molecule has 0 spiro atoms. The van der Waals surface area contributed by atoms with Gasteiger partial charge in [-0.05, 0) is 77.0 Å². The van der Waals surface area contributed by atoms with Gasteiger partial charge >= 0.3 is 12.2 Å². The molecule has 246 valence electrons. The minimum atomic E-state index is -0.873. The first-order valence-electron chi connectivity index (χ1n) is 15.1. The van der Waals surface area contributed by atoms with E-state index < -0.39 is 41.8 Å². The van der Waals surface area contributed by atoms with Crippen LogP contribution in [0.2, 0.25) is 0 Å². The molecule has 2 rings (SSSR count). The Kier molecular flexibility index (Phi) is 13.8. The zero-order valence-corrected chi connectivity index (χ0v) is 27.9. The Labute approximate surface area is 262 Å². The highest BCUT2D eigenvalue weighted by molar-refractivity contribution is 5.96. The van der Waals surface area contributed by atoms with E-state index in [9.17, 15) is 14.4 Å². The van der Waals surface area contributed by atoms with E-state index in [4.69, 9.17) is 28.4 Å². The van der Waals surface area contributed by atoms with Gasteiger partial charge in [0.2, 0.25) is 5.91 Å². The number of carbonyl (C=O) groups excluding carboxylic acids is 3. The lowest BCUT2D eigenvalue weighted by Crippen LogP contribution is -2.59. The van der Waals surface area contributed by atoms with Crippen molar-refractivity contribution < 1.29 is 42.8 Å². The second kappa shape index (κ2) is 16.5. The van der Waals surface area contributed by atoms with Gasteiger partial charge in [0, 0.05) is 26.6 Å². The SMILES string of the molecule is C=C(C)OC(=O)N1C(=O)C(C(=C)C)C[C@H](OC(=O)OC(C)(C)C)[C@@H]1C[C@H](Cc1ccc(OC)c(OCCCOC)c1)C(C)C. The van der Waals surface area contributed by atoms with Crippen LogP contribution >= 0.6 is 0 Å². The summed E-state index contributed by atoms with van der Waals surface area (Å²) in [4.78, 5) is 41.1. The number of likely N-dealkylation sites (tertiary alicyclic amines) is 1. The minimum Gasteiger partial charge on any atom is -0.493 e. The van der Waals surface area contributed by atoms with Crippen molar-refractivity contribution in [2.75, 3.05) is 27.4 Å². The van der Waals surface area contributed by atoms with E-state index in [0.717, 1.165) is 16.9 Å². The Morgan fingerprint density at radius 2 is 1.75 bits per heavy atom. The molecule has 4 atom stereocenters. The van der Waals surface area contributed by atoms with E-state index in [1.54, 1.807) is 41.9 Å². The average Bonchev–Trinajstić information content (AvgIpc) is 2.90. The summed E-state index contributed by atoms with van der Waals surface area (Å²) in [5.74, 6) is 0.297. The minimum absolute atomic E-state index is 0.0335. The van der Waals surface area contributed by atoms with Gasteiger partial charge in [0.1, 0.15) is 11.7 Å². The molecule has 1 aromatic carbocycles. The third kappa shape index (κ3) is 10.9. The first kappa shape index (κ1) is 36.7. The van der Waals surface area contributed by atoms with E-state index in [0.29, 0.717) is 43.1 Å². The molecule has 1 fully saturated rings. The summed E-state index contributed by atoms with van der Waals surface area (Å²) in [5.41, 5.74) is 0.756. The van der Waals surface area contributed by atoms with Crippen LogP contribution in [0.15, 0.2) is 42.7 Å². The quantitative estimate of drug-likeness (QED) is 0.0934. The molecule has 1 heterocycles. The van der Waals surface area contributed by atoms with Gasteiger partial charge in [-0.25, -0.2) is 14.5 Å². The predicted octanol–water partition coefficient (Wildman–Crippen LogP) is 7.10. The molecule has 1 unspecified atom stereocenters. The Morgan fingerprint density at radius 3 is 2.30 bits per heavy atom. The zero-order valence-electron chi connectivity index (χ0n) is 27.9. The summed E-state index contributed by atoms with van der Waals surface area (Å²) in [6, 6.07) is 4.98. The standard InChI is InChI=1S/C34H51NO9/c1-21(2)25(17-24-13-14-28(40-11)30(18-24)41-16-12-15-39-10)19-27-29(43-33(38)44-34(7,8)9)20-26(22(3)4)31(36)35(27)32(37)42-23(5)6/h13-14,18,21,25-27,29H,3,5,12,15-17,19-20H2,1-2,4,6-11H3/t25-,26?,27-,29-/m0/s1. The number of hydrogen-bond donors (Lipinski definition) is 0. The number of hydrogen-bond acceptors (Lipinski definition) is 9. The molecule has 1 aliphatic heterocycles. The lowest BCUT2D eigenvalue weighted by Gasteiger charge is -2.43. The molecular formula is C34H51NO9. The highest BCUT2D eigenvalue weighted by Gasteiger charge is 2.48. The van der Waals surface area contributed by atoms with Crippen LogP contribution in [0, 0.1) is 17.8 Å². The predicted molar refractivity (Wildman–Crippen MR) is 168 cm³/mol. The Morgan fingerprint density at radius 1 is 1.07 bits per heavy atom. The van der Waals surface area contributed by atoms with Crippen LogP contribution < -0.4 is 9.47 Å². The fraction of sp³-hybridized carbons (Fsp3) is 0.618. The van der Waals surface area contributed by atoms with Crippen molar-refractivity contribution in [2.45, 2.75) is 91.9 Å². The maximum absolute atomic E-state index is 13.8. The number of rotatable bonds is 14. The lowest BCUT2D eigenvalue weighted by molar-refractivity contribution is -0.146. The summed E-state index contributed by atoms with van der Waals surface area (Å²) in [7, 11) is 3.24. The summed E-state index contributed by atoms with van der Waals surface area (Å²) in [6.07, 6.45) is -0.735. The van der Waals surface area contributed by atoms with Crippen molar-refractivity contribution in [3.05, 3.63) is 48.3 Å². The normalized spacial score (nSPS) is 19.3. The first-order valence-corrected chi connectivity index (χ1v) is 15.1. The summed E-state index contributed by atoms with van der Waals surface area (Å²) < 4.78 is 33.3. The van der Waals surface area contributed by atoms with Crippen LogP contribution in [0.1, 0.15) is 73.3 Å². The first-order chi connectivity index (χ1) is 20.6. The molecule has 0 aromatic heterocycles. The smallest absolute Gasteiger partial charge is 0.493 e.